The van der Waals surface area contributed by atoms with Crippen LogP contribution in [-0.4, -0.2) is 60.0 Å². The molecule has 0 aliphatic heterocycles. The molecule has 0 heterocycles. The van der Waals surface area contributed by atoms with E-state index in [2.05, 4.69) is 6.92 Å². The standard InChI is InChI=1S/C18H36O2.Ba.Cd.2H/c1-2-3-4-5-6-7-8-9-10-11-12-13-14-15-16-17-18(19)20;;;;/h2-17H2,1H3,(H,19,20);;;;. The molecule has 0 spiro atoms. The summed E-state index contributed by atoms with van der Waals surface area (Å²) in [5.41, 5.74) is 0. The van der Waals surface area contributed by atoms with Gasteiger partial charge in [0.1, 0.15) is 0 Å². The van der Waals surface area contributed by atoms with Gasteiger partial charge in [-0.1, -0.05) is 96.8 Å². The van der Waals surface area contributed by atoms with Crippen molar-refractivity contribution in [2.24, 2.45) is 0 Å². The first kappa shape index (κ1) is 28.8. The molecule has 2 nitrogen and oxygen atoms in total. The number of hydrogen-bond acceptors (Lipinski definition) is 1. The summed E-state index contributed by atoms with van der Waals surface area (Å²) in [6.07, 6.45) is 20.2. The van der Waals surface area contributed by atoms with Crippen molar-refractivity contribution in [1.29, 1.82) is 0 Å². The molecule has 126 valence electrons. The molecule has 0 aliphatic carbocycles. The van der Waals surface area contributed by atoms with Crippen molar-refractivity contribution in [2.45, 2.75) is 110 Å². The maximum atomic E-state index is 10.3. The molecule has 1 N–H and O–H groups in total. The van der Waals surface area contributed by atoms with Gasteiger partial charge in [0, 0.05) is 33.7 Å². The van der Waals surface area contributed by atoms with Crippen LogP contribution < -0.4 is 0 Å². The SMILES string of the molecule is CCCCCCCCCCCCCCCCCC(=O)O.[BaH2].[Cd]. The monoisotopic (exact) mass is 538 g/mol. The third kappa shape index (κ3) is 26.8. The molecule has 0 aliphatic rings. The molecule has 0 radical (unpaired) electrons. The quantitative estimate of drug-likeness (QED) is 0.212. The van der Waals surface area contributed by atoms with Crippen LogP contribution in [0.25, 0.3) is 0 Å². The minimum absolute atomic E-state index is 0. The Morgan fingerprint density at radius 1 is 0.636 bits per heavy atom. The van der Waals surface area contributed by atoms with Crippen LogP contribution in [0, 0.1) is 0 Å². The molecule has 0 aromatic heterocycles. The van der Waals surface area contributed by atoms with Gasteiger partial charge >= 0.3 is 54.9 Å². The second kappa shape index (κ2) is 25.2. The summed E-state index contributed by atoms with van der Waals surface area (Å²) in [5, 5.41) is 8.52. The molecule has 0 bridgehead atoms. The Morgan fingerprint density at radius 3 is 1.18 bits per heavy atom. The maximum absolute atomic E-state index is 10.3. The summed E-state index contributed by atoms with van der Waals surface area (Å²) in [6.45, 7) is 2.27. The smallest absolute Gasteiger partial charge is 0 e. The molecule has 0 rings (SSSR count). The fourth-order valence-corrected chi connectivity index (χ4v) is 2.65. The van der Waals surface area contributed by atoms with Crippen molar-refractivity contribution >= 4 is 54.9 Å². The number of rotatable bonds is 16. The van der Waals surface area contributed by atoms with Gasteiger partial charge in [-0.05, 0) is 6.42 Å². The minimum Gasteiger partial charge on any atom is 0 e. The summed E-state index contributed by atoms with van der Waals surface area (Å²) < 4.78 is 0. The maximum Gasteiger partial charge on any atom is 0 e. The zero-order valence-corrected chi connectivity index (χ0v) is 18.4. The number of hydrogen-bond donors (Lipinski definition) is 1. The topological polar surface area (TPSA) is 37.3 Å². The molecule has 0 unspecified atom stereocenters. The van der Waals surface area contributed by atoms with Gasteiger partial charge < -0.3 is 5.11 Å². The predicted octanol–water partition coefficient (Wildman–Crippen LogP) is 5.41. The van der Waals surface area contributed by atoms with Gasteiger partial charge in [-0.25, -0.2) is 0 Å². The van der Waals surface area contributed by atoms with Crippen molar-refractivity contribution in [1.82, 2.24) is 0 Å². The Morgan fingerprint density at radius 2 is 0.909 bits per heavy atom. The van der Waals surface area contributed by atoms with E-state index in [1.807, 2.05) is 0 Å². The first-order chi connectivity index (χ1) is 9.77. The molecule has 0 aromatic rings. The first-order valence-corrected chi connectivity index (χ1v) is 8.99. The summed E-state index contributed by atoms with van der Waals surface area (Å²) in [4.78, 5) is 10.3. The van der Waals surface area contributed by atoms with Crippen molar-refractivity contribution in [3.05, 3.63) is 0 Å². The van der Waals surface area contributed by atoms with Crippen molar-refractivity contribution < 1.29 is 37.2 Å². The summed E-state index contributed by atoms with van der Waals surface area (Å²) in [5.74, 6) is -0.653. The Labute approximate surface area is 199 Å². The van der Waals surface area contributed by atoms with Crippen LogP contribution in [0.15, 0.2) is 0 Å². The van der Waals surface area contributed by atoms with E-state index < -0.39 is 5.97 Å². The molecule has 4 heteroatoms. The van der Waals surface area contributed by atoms with E-state index in [4.69, 9.17) is 5.11 Å². The van der Waals surface area contributed by atoms with Crippen LogP contribution in [0.3, 0.4) is 0 Å². The fourth-order valence-electron chi connectivity index (χ4n) is 2.65. The molecular formula is C18H38BaCdO2. The first-order valence-electron chi connectivity index (χ1n) is 8.99. The molecule has 0 aromatic carbocycles. The van der Waals surface area contributed by atoms with Crippen LogP contribution in [-0.2, 0) is 32.1 Å². The number of carbonyl (C=O) groups is 1. The van der Waals surface area contributed by atoms with Gasteiger partial charge in [-0.3, -0.25) is 4.79 Å². The largest absolute Gasteiger partial charge is 0 e. The van der Waals surface area contributed by atoms with Gasteiger partial charge in [-0.2, -0.15) is 0 Å². The third-order valence-corrected chi connectivity index (χ3v) is 3.99. The molecule has 0 saturated heterocycles. The fraction of sp³-hybridized carbons (Fsp3) is 0.944. The molecule has 0 amide bonds. The van der Waals surface area contributed by atoms with Crippen LogP contribution in [0.5, 0.6) is 0 Å². The van der Waals surface area contributed by atoms with Crippen molar-refractivity contribution in [3.8, 4) is 0 Å². The summed E-state index contributed by atoms with van der Waals surface area (Å²) in [6, 6.07) is 0. The van der Waals surface area contributed by atoms with Crippen LogP contribution >= 0.6 is 0 Å². The van der Waals surface area contributed by atoms with Crippen LogP contribution in [0.4, 0.5) is 0 Å². The Hall–Kier alpha value is 1.96. The average molecular weight is 536 g/mol. The van der Waals surface area contributed by atoms with Crippen LogP contribution in [0.1, 0.15) is 110 Å². The van der Waals surface area contributed by atoms with E-state index in [0.29, 0.717) is 6.42 Å². The molecule has 0 atom stereocenters. The normalized spacial score (nSPS) is 9.86. The Balaban J connectivity index is -0.00000180. The minimum atomic E-state index is -0.653. The van der Waals surface area contributed by atoms with Gasteiger partial charge in [0.05, 0.1) is 0 Å². The number of carboxylic acids is 1. The van der Waals surface area contributed by atoms with E-state index >= 15 is 0 Å². The molecule has 0 fully saturated rings. The van der Waals surface area contributed by atoms with Crippen molar-refractivity contribution in [2.75, 3.05) is 0 Å². The van der Waals surface area contributed by atoms with Gasteiger partial charge in [-0.15, -0.1) is 0 Å². The second-order valence-electron chi connectivity index (χ2n) is 6.09. The Kier molecular flexibility index (Phi) is 32.9. The Bertz CT molecular complexity index is 213. The zero-order valence-electron chi connectivity index (χ0n) is 14.4. The van der Waals surface area contributed by atoms with Crippen LogP contribution in [0.2, 0.25) is 0 Å². The third-order valence-electron chi connectivity index (χ3n) is 3.99. The predicted molar refractivity (Wildman–Crippen MR) is 95.7 cm³/mol. The van der Waals surface area contributed by atoms with Crippen molar-refractivity contribution in [3.63, 3.8) is 0 Å². The molecule has 0 saturated carbocycles. The summed E-state index contributed by atoms with van der Waals surface area (Å²) >= 11 is 0. The van der Waals surface area contributed by atoms with Gasteiger partial charge in [0.15, 0.2) is 0 Å². The van der Waals surface area contributed by atoms with E-state index in [1.54, 1.807) is 0 Å². The molecule has 22 heavy (non-hydrogen) atoms. The van der Waals surface area contributed by atoms with E-state index in [0.717, 1.165) is 12.8 Å². The van der Waals surface area contributed by atoms with Gasteiger partial charge in [0.25, 0.3) is 0 Å². The molecular weight excluding hydrogens is 498 g/mol. The number of aliphatic carboxylic acids is 1. The zero-order chi connectivity index (χ0) is 14.9. The summed E-state index contributed by atoms with van der Waals surface area (Å²) in [7, 11) is 0. The second-order valence-corrected chi connectivity index (χ2v) is 6.09. The average Bonchev–Trinajstić information content (AvgIpc) is 2.43. The van der Waals surface area contributed by atoms with E-state index in [9.17, 15) is 4.79 Å². The van der Waals surface area contributed by atoms with E-state index in [1.165, 1.54) is 83.5 Å². The number of carboxylic acid groups (broad SMARTS) is 1. The van der Waals surface area contributed by atoms with E-state index in [-0.39, 0.29) is 76.2 Å². The van der Waals surface area contributed by atoms with Gasteiger partial charge in [0.2, 0.25) is 0 Å². The number of unbranched alkanes of at least 4 members (excludes halogenated alkanes) is 14.